The van der Waals surface area contributed by atoms with Crippen molar-refractivity contribution in [3.8, 4) is 0 Å². The van der Waals surface area contributed by atoms with Crippen LogP contribution in [0.4, 0.5) is 0 Å². The summed E-state index contributed by atoms with van der Waals surface area (Å²) in [7, 11) is -11.2. The Hall–Kier alpha value is 0.394. The molecule has 0 aliphatic heterocycles. The number of aliphatic carboxylic acids is 1. The van der Waals surface area contributed by atoms with Gasteiger partial charge in [-0.1, -0.05) is 0 Å². The molecule has 0 aromatic heterocycles. The number of carboxylic acids is 1. The average molecular weight is 429 g/mol. The average Bonchev–Trinajstić information content (AvgIpc) is 2.00. The monoisotopic (exact) mass is 428 g/mol. The van der Waals surface area contributed by atoms with Gasteiger partial charge in [0, 0.05) is 0 Å². The molecule has 0 aromatic rings. The molecule has 11 heteroatoms. The normalized spacial score (nSPS) is 14.8. The lowest BCUT2D eigenvalue weighted by atomic mass is 10.8. The summed E-state index contributed by atoms with van der Waals surface area (Å²) < 4.78 is 25.1. The first-order valence-electron chi connectivity index (χ1n) is 8.27. The molecule has 0 amide bonds. The highest BCUT2D eigenvalue weighted by atomic mass is 28.5. The Balaban J connectivity index is 4.97. The van der Waals surface area contributed by atoms with Crippen molar-refractivity contribution in [2.24, 2.45) is 0 Å². The van der Waals surface area contributed by atoms with Gasteiger partial charge in [-0.3, -0.25) is 4.79 Å². The molecule has 0 atom stereocenters. The lowest BCUT2D eigenvalue weighted by molar-refractivity contribution is -0.134. The fraction of sp³-hybridized carbons (Fsp3) is 0.923. The first kappa shape index (κ1) is 24.4. The standard InChI is InChI=1S/C13H36O6Si5/c1-20(2,3)16-22(6,7)18-24(10,11)19-23(8,9)17-21(4,5)12-13(14)15/h12H2,1-11H3,(H,14,15). The van der Waals surface area contributed by atoms with Crippen LogP contribution in [-0.4, -0.2) is 53.4 Å². The second kappa shape index (κ2) is 7.96. The van der Waals surface area contributed by atoms with Crippen LogP contribution in [0.3, 0.4) is 0 Å². The zero-order valence-electron chi connectivity index (χ0n) is 17.2. The molecule has 0 fully saturated rings. The molecule has 0 saturated carbocycles. The molecule has 144 valence electrons. The number of carboxylic acid groups (broad SMARTS) is 1. The van der Waals surface area contributed by atoms with Crippen molar-refractivity contribution in [1.82, 2.24) is 0 Å². The highest BCUT2D eigenvalue weighted by molar-refractivity contribution is 6.90. The van der Waals surface area contributed by atoms with Gasteiger partial charge in [0.1, 0.15) is 0 Å². The van der Waals surface area contributed by atoms with Gasteiger partial charge in [0.05, 0.1) is 6.04 Å². The number of hydrogen-bond acceptors (Lipinski definition) is 5. The molecule has 0 bridgehead atoms. The molecule has 0 saturated heterocycles. The molecule has 0 spiro atoms. The van der Waals surface area contributed by atoms with Gasteiger partial charge >= 0.3 is 31.7 Å². The van der Waals surface area contributed by atoms with Crippen LogP contribution in [0.2, 0.25) is 78.1 Å². The van der Waals surface area contributed by atoms with Gasteiger partial charge < -0.3 is 21.6 Å². The zero-order valence-corrected chi connectivity index (χ0v) is 22.2. The smallest absolute Gasteiger partial charge is 0.314 e. The summed E-state index contributed by atoms with van der Waals surface area (Å²) >= 11 is 0. The number of rotatable bonds is 10. The quantitative estimate of drug-likeness (QED) is 0.523. The van der Waals surface area contributed by atoms with Crippen molar-refractivity contribution >= 4 is 48.3 Å². The minimum Gasteiger partial charge on any atom is -0.481 e. The largest absolute Gasteiger partial charge is 0.481 e. The molecule has 0 unspecified atom stereocenters. The van der Waals surface area contributed by atoms with Crippen LogP contribution in [0.25, 0.3) is 0 Å². The second-order valence-electron chi connectivity index (χ2n) is 9.05. The molecule has 24 heavy (non-hydrogen) atoms. The molecule has 6 nitrogen and oxygen atoms in total. The maximum Gasteiger partial charge on any atom is 0.314 e. The van der Waals surface area contributed by atoms with Gasteiger partial charge in [-0.25, -0.2) is 0 Å². The van der Waals surface area contributed by atoms with Crippen molar-refractivity contribution in [3.63, 3.8) is 0 Å². The molecular formula is C13H36O6Si5. The SMILES string of the molecule is C[Si](C)(C)O[Si](C)(C)O[Si](C)(C)O[Si](C)(C)O[Si](C)(C)CC(=O)O. The first-order valence-corrected chi connectivity index (χ1v) is 23.2. The first-order chi connectivity index (χ1) is 10.2. The van der Waals surface area contributed by atoms with E-state index in [0.29, 0.717) is 0 Å². The van der Waals surface area contributed by atoms with E-state index in [9.17, 15) is 4.79 Å². The Labute approximate surface area is 152 Å². The molecular weight excluding hydrogens is 393 g/mol. The van der Waals surface area contributed by atoms with E-state index in [-0.39, 0.29) is 6.04 Å². The summed E-state index contributed by atoms with van der Waals surface area (Å²) in [5.41, 5.74) is 0. The Bertz CT molecular complexity index is 445. The lowest BCUT2D eigenvalue weighted by Gasteiger charge is -2.41. The van der Waals surface area contributed by atoms with Gasteiger partial charge in [-0.05, 0) is 72.0 Å². The van der Waals surface area contributed by atoms with Gasteiger partial charge in [0.2, 0.25) is 0 Å². The molecule has 0 aliphatic carbocycles. The van der Waals surface area contributed by atoms with E-state index >= 15 is 0 Å². The number of hydrogen-bond donors (Lipinski definition) is 1. The van der Waals surface area contributed by atoms with E-state index in [1.807, 2.05) is 39.3 Å². The Morgan fingerprint density at radius 1 is 0.667 bits per heavy atom. The highest BCUT2D eigenvalue weighted by Gasteiger charge is 2.45. The van der Waals surface area contributed by atoms with Crippen LogP contribution in [0.5, 0.6) is 0 Å². The molecule has 0 heterocycles. The van der Waals surface area contributed by atoms with Crippen LogP contribution in [0, 0.1) is 0 Å². The second-order valence-corrected chi connectivity index (χ2v) is 28.8. The minimum absolute atomic E-state index is 0.0780. The van der Waals surface area contributed by atoms with E-state index in [1.54, 1.807) is 0 Å². The predicted molar refractivity (Wildman–Crippen MR) is 110 cm³/mol. The summed E-state index contributed by atoms with van der Waals surface area (Å²) in [6.45, 7) is 22.4. The Morgan fingerprint density at radius 2 is 1.00 bits per heavy atom. The fourth-order valence-corrected chi connectivity index (χ4v) is 26.4. The van der Waals surface area contributed by atoms with Crippen LogP contribution in [0.1, 0.15) is 0 Å². The van der Waals surface area contributed by atoms with Crippen LogP contribution >= 0.6 is 0 Å². The van der Waals surface area contributed by atoms with E-state index in [4.69, 9.17) is 21.6 Å². The fourth-order valence-electron chi connectivity index (χ4n) is 3.05. The number of carbonyl (C=O) groups is 1. The van der Waals surface area contributed by atoms with Crippen LogP contribution in [-0.2, 0) is 21.3 Å². The Morgan fingerprint density at radius 3 is 1.33 bits per heavy atom. The van der Waals surface area contributed by atoms with E-state index in [2.05, 4.69) is 32.7 Å². The van der Waals surface area contributed by atoms with Crippen molar-refractivity contribution in [2.45, 2.75) is 78.1 Å². The molecule has 1 N–H and O–H groups in total. The maximum absolute atomic E-state index is 11.0. The van der Waals surface area contributed by atoms with Crippen LogP contribution < -0.4 is 0 Å². The van der Waals surface area contributed by atoms with E-state index in [0.717, 1.165) is 0 Å². The maximum atomic E-state index is 11.0. The van der Waals surface area contributed by atoms with Gasteiger partial charge in [0.25, 0.3) is 0 Å². The third-order valence-electron chi connectivity index (χ3n) is 2.63. The van der Waals surface area contributed by atoms with Gasteiger partial charge in [0.15, 0.2) is 16.6 Å². The predicted octanol–water partition coefficient (Wildman–Crippen LogP) is 4.28. The third-order valence-corrected chi connectivity index (χ3v) is 20.2. The van der Waals surface area contributed by atoms with Crippen molar-refractivity contribution < 1.29 is 26.4 Å². The summed E-state index contributed by atoms with van der Waals surface area (Å²) in [6.07, 6.45) is 0. The van der Waals surface area contributed by atoms with E-state index < -0.39 is 48.3 Å². The van der Waals surface area contributed by atoms with Gasteiger partial charge in [-0.2, -0.15) is 0 Å². The summed E-state index contributed by atoms with van der Waals surface area (Å²) in [4.78, 5) is 11.0. The zero-order chi connectivity index (χ0) is 19.6. The molecule has 0 rings (SSSR count). The molecule has 0 aromatic carbocycles. The van der Waals surface area contributed by atoms with E-state index in [1.165, 1.54) is 0 Å². The molecule has 0 aliphatic rings. The Kier molecular flexibility index (Phi) is 8.09. The van der Waals surface area contributed by atoms with Gasteiger partial charge in [-0.15, -0.1) is 0 Å². The summed E-state index contributed by atoms with van der Waals surface area (Å²) in [5, 5.41) is 9.05. The van der Waals surface area contributed by atoms with Crippen molar-refractivity contribution in [2.75, 3.05) is 0 Å². The molecule has 0 radical (unpaired) electrons. The summed E-state index contributed by atoms with van der Waals surface area (Å²) in [5.74, 6) is -0.818. The lowest BCUT2D eigenvalue weighted by Crippen LogP contribution is -2.58. The third kappa shape index (κ3) is 11.9. The highest BCUT2D eigenvalue weighted by Crippen LogP contribution is 2.26. The van der Waals surface area contributed by atoms with Crippen molar-refractivity contribution in [1.29, 1.82) is 0 Å². The van der Waals surface area contributed by atoms with Crippen LogP contribution in [0.15, 0.2) is 0 Å². The topological polar surface area (TPSA) is 74.2 Å². The minimum atomic E-state index is -2.49. The summed E-state index contributed by atoms with van der Waals surface area (Å²) in [6, 6.07) is 0.0780. The van der Waals surface area contributed by atoms with Crippen molar-refractivity contribution in [3.05, 3.63) is 0 Å².